The normalized spacial score (nSPS) is 15.6. The predicted octanol–water partition coefficient (Wildman–Crippen LogP) is 1.97. The third-order valence-corrected chi connectivity index (χ3v) is 5.79. The number of anilines is 2. The molecule has 0 unspecified atom stereocenters. The van der Waals surface area contributed by atoms with E-state index in [2.05, 4.69) is 19.5 Å². The van der Waals surface area contributed by atoms with E-state index in [0.29, 0.717) is 10.0 Å². The van der Waals surface area contributed by atoms with Gasteiger partial charge in [-0.15, -0.1) is 0 Å². The van der Waals surface area contributed by atoms with Crippen LogP contribution < -0.4 is 14.5 Å². The number of sulfonamides is 1. The summed E-state index contributed by atoms with van der Waals surface area (Å²) in [6, 6.07) is 10.9. The van der Waals surface area contributed by atoms with Gasteiger partial charge >= 0.3 is 0 Å². The monoisotopic (exact) mass is 366 g/mol. The van der Waals surface area contributed by atoms with Gasteiger partial charge in [0.15, 0.2) is 0 Å². The number of pyridine rings is 1. The van der Waals surface area contributed by atoms with Crippen molar-refractivity contribution in [2.75, 3.05) is 43.0 Å². The number of piperazine rings is 1. The van der Waals surface area contributed by atoms with Gasteiger partial charge in [-0.3, -0.25) is 0 Å². The number of nitrogens with zero attached hydrogens (tertiary/aromatic N) is 3. The van der Waals surface area contributed by atoms with E-state index in [9.17, 15) is 8.42 Å². The zero-order valence-electron chi connectivity index (χ0n) is 13.3. The van der Waals surface area contributed by atoms with Gasteiger partial charge in [0.2, 0.25) is 10.0 Å². The van der Waals surface area contributed by atoms with E-state index in [-0.39, 0.29) is 0 Å². The summed E-state index contributed by atoms with van der Waals surface area (Å²) < 4.78 is 26.8. The number of para-hydroxylation sites is 1. The number of hydrogen-bond donors (Lipinski definition) is 1. The Balaban J connectivity index is 1.78. The van der Waals surface area contributed by atoms with Gasteiger partial charge in [0.1, 0.15) is 10.0 Å². The molecule has 0 spiro atoms. The Morgan fingerprint density at radius 1 is 1.08 bits per heavy atom. The lowest BCUT2D eigenvalue weighted by Gasteiger charge is -2.38. The highest BCUT2D eigenvalue weighted by Gasteiger charge is 2.23. The minimum absolute atomic E-state index is 0.313. The average Bonchev–Trinajstić information content (AvgIpc) is 2.62. The number of nitrogens with one attached hydrogen (secondary N) is 1. The van der Waals surface area contributed by atoms with Gasteiger partial charge in [-0.1, -0.05) is 23.7 Å². The zero-order chi connectivity index (χ0) is 17.2. The Labute approximate surface area is 147 Å². The summed E-state index contributed by atoms with van der Waals surface area (Å²) in [6.07, 6.45) is 1.69. The van der Waals surface area contributed by atoms with E-state index in [4.69, 9.17) is 11.6 Å². The molecule has 1 fully saturated rings. The summed E-state index contributed by atoms with van der Waals surface area (Å²) >= 11 is 5.95. The molecule has 0 radical (unpaired) electrons. The lowest BCUT2D eigenvalue weighted by molar-refractivity contribution is 0.586. The molecule has 24 heavy (non-hydrogen) atoms. The Kier molecular flexibility index (Phi) is 4.93. The van der Waals surface area contributed by atoms with Crippen LogP contribution in [0.1, 0.15) is 0 Å². The summed E-state index contributed by atoms with van der Waals surface area (Å²) in [5.74, 6) is 0. The van der Waals surface area contributed by atoms with Crippen LogP contribution in [0.2, 0.25) is 5.15 Å². The third-order valence-electron chi connectivity index (χ3n) is 4.12. The van der Waals surface area contributed by atoms with Crippen molar-refractivity contribution in [2.45, 2.75) is 4.90 Å². The van der Waals surface area contributed by atoms with Crippen LogP contribution in [0.3, 0.4) is 0 Å². The molecule has 0 bridgehead atoms. The van der Waals surface area contributed by atoms with E-state index in [0.717, 1.165) is 37.6 Å². The van der Waals surface area contributed by atoms with Crippen molar-refractivity contribution in [3.63, 3.8) is 0 Å². The molecule has 1 N–H and O–H groups in total. The number of benzene rings is 1. The van der Waals surface area contributed by atoms with Gasteiger partial charge in [0.25, 0.3) is 0 Å². The molecule has 8 heteroatoms. The van der Waals surface area contributed by atoms with Crippen LogP contribution in [0.5, 0.6) is 0 Å². The first-order valence-electron chi connectivity index (χ1n) is 7.65. The van der Waals surface area contributed by atoms with Crippen molar-refractivity contribution in [2.24, 2.45) is 0 Å². The molecular weight excluding hydrogens is 348 g/mol. The van der Waals surface area contributed by atoms with E-state index < -0.39 is 10.0 Å². The van der Waals surface area contributed by atoms with E-state index >= 15 is 0 Å². The molecular formula is C16H19ClN4O2S. The first-order chi connectivity index (χ1) is 11.5. The maximum Gasteiger partial charge on any atom is 0.242 e. The summed E-state index contributed by atoms with van der Waals surface area (Å²) in [6.45, 7) is 3.04. The van der Waals surface area contributed by atoms with Crippen LogP contribution in [-0.2, 0) is 10.0 Å². The standard InChI is InChI=1S/C16H19ClN4O2S/c1-18-24(22,23)15-5-3-2-4-14(15)21-10-8-20(9-11-21)13-6-7-19-16(17)12-13/h2-7,12,18H,8-11H2,1H3. The molecule has 0 atom stereocenters. The second-order valence-electron chi connectivity index (χ2n) is 5.49. The smallest absolute Gasteiger partial charge is 0.242 e. The van der Waals surface area contributed by atoms with E-state index in [1.807, 2.05) is 24.3 Å². The Morgan fingerprint density at radius 2 is 1.75 bits per heavy atom. The Bertz CT molecular complexity index is 820. The summed E-state index contributed by atoms with van der Waals surface area (Å²) in [5.41, 5.74) is 1.77. The SMILES string of the molecule is CNS(=O)(=O)c1ccccc1N1CCN(c2ccnc(Cl)c2)CC1. The topological polar surface area (TPSA) is 65.5 Å². The van der Waals surface area contributed by atoms with Gasteiger partial charge < -0.3 is 9.80 Å². The second kappa shape index (κ2) is 6.96. The second-order valence-corrected chi connectivity index (χ2v) is 7.73. The molecule has 1 aliphatic rings. The molecule has 1 aliphatic heterocycles. The lowest BCUT2D eigenvalue weighted by Crippen LogP contribution is -2.47. The van der Waals surface area contributed by atoms with Gasteiger partial charge in [-0.05, 0) is 31.3 Å². The minimum atomic E-state index is -3.48. The maximum absolute atomic E-state index is 12.2. The van der Waals surface area contributed by atoms with Crippen LogP contribution in [0.15, 0.2) is 47.5 Å². The van der Waals surface area contributed by atoms with E-state index in [1.165, 1.54) is 7.05 Å². The largest absolute Gasteiger partial charge is 0.368 e. The fraction of sp³-hybridized carbons (Fsp3) is 0.312. The van der Waals surface area contributed by atoms with Crippen LogP contribution in [0, 0.1) is 0 Å². The fourth-order valence-corrected chi connectivity index (χ4v) is 3.97. The van der Waals surface area contributed by atoms with Crippen molar-refractivity contribution in [3.05, 3.63) is 47.7 Å². The molecule has 6 nitrogen and oxygen atoms in total. The van der Waals surface area contributed by atoms with Crippen molar-refractivity contribution < 1.29 is 8.42 Å². The molecule has 0 saturated carbocycles. The Hall–Kier alpha value is -1.83. The van der Waals surface area contributed by atoms with Gasteiger partial charge in [0, 0.05) is 38.1 Å². The molecule has 1 saturated heterocycles. The Morgan fingerprint density at radius 3 is 2.42 bits per heavy atom. The van der Waals surface area contributed by atoms with Crippen molar-refractivity contribution in [3.8, 4) is 0 Å². The van der Waals surface area contributed by atoms with Gasteiger partial charge in [0.05, 0.1) is 5.69 Å². The van der Waals surface area contributed by atoms with Crippen molar-refractivity contribution in [1.82, 2.24) is 9.71 Å². The number of hydrogen-bond acceptors (Lipinski definition) is 5. The minimum Gasteiger partial charge on any atom is -0.368 e. The molecule has 128 valence electrons. The summed E-state index contributed by atoms with van der Waals surface area (Å²) in [7, 11) is -2.05. The molecule has 2 aromatic rings. The number of aromatic nitrogens is 1. The van der Waals surface area contributed by atoms with Gasteiger partial charge in [-0.2, -0.15) is 0 Å². The molecule has 1 aromatic heterocycles. The highest BCUT2D eigenvalue weighted by atomic mass is 35.5. The zero-order valence-corrected chi connectivity index (χ0v) is 14.9. The molecule has 0 aliphatic carbocycles. The summed E-state index contributed by atoms with van der Waals surface area (Å²) in [5, 5.41) is 0.473. The first-order valence-corrected chi connectivity index (χ1v) is 9.51. The van der Waals surface area contributed by atoms with Crippen molar-refractivity contribution >= 4 is 33.0 Å². The molecule has 1 aromatic carbocycles. The van der Waals surface area contributed by atoms with Crippen LogP contribution in [0.4, 0.5) is 11.4 Å². The van der Waals surface area contributed by atoms with Gasteiger partial charge in [-0.25, -0.2) is 18.1 Å². The molecule has 0 amide bonds. The molecule has 3 rings (SSSR count). The van der Waals surface area contributed by atoms with Crippen LogP contribution in [0.25, 0.3) is 0 Å². The predicted molar refractivity (Wildman–Crippen MR) is 96.4 cm³/mol. The summed E-state index contributed by atoms with van der Waals surface area (Å²) in [4.78, 5) is 8.63. The highest BCUT2D eigenvalue weighted by Crippen LogP contribution is 2.27. The van der Waals surface area contributed by atoms with E-state index in [1.54, 1.807) is 18.3 Å². The fourth-order valence-electron chi connectivity index (χ4n) is 2.85. The quantitative estimate of drug-likeness (QED) is 0.838. The third kappa shape index (κ3) is 3.48. The average molecular weight is 367 g/mol. The lowest BCUT2D eigenvalue weighted by atomic mass is 10.2. The maximum atomic E-state index is 12.2. The van der Waals surface area contributed by atoms with Crippen molar-refractivity contribution in [1.29, 1.82) is 0 Å². The van der Waals surface area contributed by atoms with Crippen LogP contribution >= 0.6 is 11.6 Å². The first kappa shape index (κ1) is 17.0. The number of rotatable bonds is 4. The number of halogens is 1. The highest BCUT2D eigenvalue weighted by molar-refractivity contribution is 7.89. The van der Waals surface area contributed by atoms with Crippen LogP contribution in [-0.4, -0.2) is 46.6 Å². The molecule has 2 heterocycles.